The maximum absolute atomic E-state index is 13.8. The van der Waals surface area contributed by atoms with Crippen LogP contribution in [0.4, 0.5) is 4.39 Å². The van der Waals surface area contributed by atoms with Crippen molar-refractivity contribution in [3.05, 3.63) is 77.7 Å². The molecule has 1 N–H and O–H groups in total. The highest BCUT2D eigenvalue weighted by molar-refractivity contribution is 5.81. The lowest BCUT2D eigenvalue weighted by atomic mass is 9.95. The van der Waals surface area contributed by atoms with Gasteiger partial charge < -0.3 is 10.1 Å². The first-order valence-electron chi connectivity index (χ1n) is 8.72. The van der Waals surface area contributed by atoms with Gasteiger partial charge in [-0.25, -0.2) is 4.39 Å². The van der Waals surface area contributed by atoms with Crippen molar-refractivity contribution in [3.8, 4) is 0 Å². The molecular weight excluding hydrogens is 315 g/mol. The van der Waals surface area contributed by atoms with Crippen molar-refractivity contribution in [1.82, 2.24) is 10.3 Å². The normalized spacial score (nSPS) is 20.2. The fourth-order valence-corrected chi connectivity index (χ4v) is 3.61. The Kier molecular flexibility index (Phi) is 4.72. The lowest BCUT2D eigenvalue weighted by Gasteiger charge is -2.19. The average Bonchev–Trinajstić information content (AvgIpc) is 3.11. The number of nitrogens with zero attached hydrogens (tertiary/aromatic N) is 1. The van der Waals surface area contributed by atoms with E-state index in [2.05, 4.69) is 22.4 Å². The van der Waals surface area contributed by atoms with Gasteiger partial charge in [0, 0.05) is 37.2 Å². The van der Waals surface area contributed by atoms with Crippen molar-refractivity contribution in [3.63, 3.8) is 0 Å². The van der Waals surface area contributed by atoms with E-state index in [0.29, 0.717) is 12.5 Å². The Morgan fingerprint density at radius 1 is 1.12 bits per heavy atom. The summed E-state index contributed by atoms with van der Waals surface area (Å²) in [6, 6.07) is 17.2. The van der Waals surface area contributed by atoms with E-state index in [9.17, 15) is 4.39 Å². The van der Waals surface area contributed by atoms with Gasteiger partial charge in [-0.05, 0) is 35.7 Å². The molecule has 4 rings (SSSR count). The number of hydrogen-bond donors (Lipinski definition) is 1. The van der Waals surface area contributed by atoms with Crippen LogP contribution < -0.4 is 5.32 Å². The zero-order valence-corrected chi connectivity index (χ0v) is 14.0. The molecule has 0 radical (unpaired) electrons. The fourth-order valence-electron chi connectivity index (χ4n) is 3.61. The number of benzene rings is 2. The molecule has 128 valence electrons. The van der Waals surface area contributed by atoms with E-state index in [0.717, 1.165) is 36.0 Å². The van der Waals surface area contributed by atoms with E-state index in [4.69, 9.17) is 4.74 Å². The fraction of sp³-hybridized carbons (Fsp3) is 0.286. The monoisotopic (exact) mass is 336 g/mol. The van der Waals surface area contributed by atoms with Crippen LogP contribution in [0.1, 0.15) is 23.7 Å². The van der Waals surface area contributed by atoms with Crippen molar-refractivity contribution in [2.75, 3.05) is 13.2 Å². The number of pyridine rings is 1. The highest BCUT2D eigenvalue weighted by Gasteiger charge is 2.29. The van der Waals surface area contributed by atoms with Gasteiger partial charge in [0.05, 0.1) is 11.6 Å². The molecular formula is C21H21FN2O. The lowest BCUT2D eigenvalue weighted by Crippen LogP contribution is -2.24. The summed E-state index contributed by atoms with van der Waals surface area (Å²) in [6.07, 6.45) is 2.92. The van der Waals surface area contributed by atoms with Crippen molar-refractivity contribution >= 4 is 10.9 Å². The Hall–Kier alpha value is -2.30. The van der Waals surface area contributed by atoms with Crippen LogP contribution in [0.15, 0.2) is 60.8 Å². The second kappa shape index (κ2) is 7.30. The first-order chi connectivity index (χ1) is 12.3. The number of hydrogen-bond acceptors (Lipinski definition) is 3. The van der Waals surface area contributed by atoms with Crippen LogP contribution in [0.2, 0.25) is 0 Å². The Morgan fingerprint density at radius 2 is 2.00 bits per heavy atom. The third-order valence-corrected chi connectivity index (χ3v) is 4.81. The topological polar surface area (TPSA) is 34.1 Å². The van der Waals surface area contributed by atoms with E-state index < -0.39 is 0 Å². The molecule has 3 aromatic rings. The molecule has 3 nitrogen and oxygen atoms in total. The van der Waals surface area contributed by atoms with Crippen molar-refractivity contribution in [1.29, 1.82) is 0 Å². The third-order valence-electron chi connectivity index (χ3n) is 4.81. The van der Waals surface area contributed by atoms with Crippen LogP contribution >= 0.6 is 0 Å². The van der Waals surface area contributed by atoms with E-state index in [1.165, 1.54) is 11.6 Å². The van der Waals surface area contributed by atoms with Gasteiger partial charge in [0.2, 0.25) is 0 Å². The predicted octanol–water partition coefficient (Wildman–Crippen LogP) is 4.24. The second-order valence-corrected chi connectivity index (χ2v) is 6.52. The number of nitrogens with one attached hydrogen (secondary N) is 1. The first-order valence-corrected chi connectivity index (χ1v) is 8.72. The maximum Gasteiger partial charge on any atom is 0.124 e. The molecule has 2 aromatic carbocycles. The van der Waals surface area contributed by atoms with Crippen molar-refractivity contribution < 1.29 is 9.13 Å². The van der Waals surface area contributed by atoms with Gasteiger partial charge in [-0.15, -0.1) is 0 Å². The van der Waals surface area contributed by atoms with Crippen molar-refractivity contribution in [2.45, 2.75) is 19.1 Å². The van der Waals surface area contributed by atoms with Gasteiger partial charge >= 0.3 is 0 Å². The molecule has 0 bridgehead atoms. The van der Waals surface area contributed by atoms with Gasteiger partial charge in [-0.3, -0.25) is 4.98 Å². The molecule has 4 heteroatoms. The SMILES string of the molecule is Fc1cc(CNC[C@@H]2CCO[C@@H]2c2ccccc2)c2ncccc2c1. The van der Waals surface area contributed by atoms with E-state index in [1.54, 1.807) is 12.3 Å². The lowest BCUT2D eigenvalue weighted by molar-refractivity contribution is 0.0904. The van der Waals surface area contributed by atoms with Gasteiger partial charge in [-0.2, -0.15) is 0 Å². The summed E-state index contributed by atoms with van der Waals surface area (Å²) in [5.74, 6) is 0.207. The molecule has 0 unspecified atom stereocenters. The molecule has 0 aliphatic carbocycles. The van der Waals surface area contributed by atoms with Gasteiger partial charge in [-0.1, -0.05) is 36.4 Å². The molecule has 1 fully saturated rings. The minimum Gasteiger partial charge on any atom is -0.373 e. The Bertz CT molecular complexity index is 853. The summed E-state index contributed by atoms with van der Waals surface area (Å²) >= 11 is 0. The van der Waals surface area contributed by atoms with Crippen LogP contribution in [0, 0.1) is 11.7 Å². The molecule has 0 amide bonds. The molecule has 2 heterocycles. The number of aromatic nitrogens is 1. The smallest absolute Gasteiger partial charge is 0.124 e. The zero-order valence-electron chi connectivity index (χ0n) is 14.0. The van der Waals surface area contributed by atoms with E-state index in [-0.39, 0.29) is 11.9 Å². The molecule has 1 aliphatic heterocycles. The number of rotatable bonds is 5. The van der Waals surface area contributed by atoms with E-state index in [1.807, 2.05) is 30.3 Å². The quantitative estimate of drug-likeness (QED) is 0.757. The van der Waals surface area contributed by atoms with Crippen LogP contribution in [-0.2, 0) is 11.3 Å². The molecule has 0 saturated carbocycles. The van der Waals surface area contributed by atoms with Crippen molar-refractivity contribution in [2.24, 2.45) is 5.92 Å². The third kappa shape index (κ3) is 3.55. The highest BCUT2D eigenvalue weighted by atomic mass is 19.1. The first kappa shape index (κ1) is 16.2. The van der Waals surface area contributed by atoms with Crippen LogP contribution in [0.3, 0.4) is 0 Å². The van der Waals surface area contributed by atoms with Crippen LogP contribution in [0.5, 0.6) is 0 Å². The Morgan fingerprint density at radius 3 is 2.88 bits per heavy atom. The zero-order chi connectivity index (χ0) is 17.1. The largest absolute Gasteiger partial charge is 0.373 e. The molecule has 1 aliphatic rings. The highest BCUT2D eigenvalue weighted by Crippen LogP contribution is 2.34. The molecule has 2 atom stereocenters. The van der Waals surface area contributed by atoms with Crippen LogP contribution in [-0.4, -0.2) is 18.1 Å². The number of halogens is 1. The molecule has 0 spiro atoms. The second-order valence-electron chi connectivity index (χ2n) is 6.52. The summed E-state index contributed by atoms with van der Waals surface area (Å²) < 4.78 is 19.8. The predicted molar refractivity (Wildman–Crippen MR) is 96.6 cm³/mol. The summed E-state index contributed by atoms with van der Waals surface area (Å²) in [5, 5.41) is 4.31. The molecule has 1 aromatic heterocycles. The summed E-state index contributed by atoms with van der Waals surface area (Å²) in [4.78, 5) is 4.40. The van der Waals surface area contributed by atoms with Gasteiger partial charge in [0.15, 0.2) is 0 Å². The van der Waals surface area contributed by atoms with Gasteiger partial charge in [0.25, 0.3) is 0 Å². The minimum absolute atomic E-state index is 0.135. The Balaban J connectivity index is 1.44. The summed E-state index contributed by atoms with van der Waals surface area (Å²) in [5.41, 5.74) is 2.98. The van der Waals surface area contributed by atoms with Crippen LogP contribution in [0.25, 0.3) is 10.9 Å². The van der Waals surface area contributed by atoms with Gasteiger partial charge in [0.1, 0.15) is 5.82 Å². The summed E-state index contributed by atoms with van der Waals surface area (Å²) in [7, 11) is 0. The molecule has 25 heavy (non-hydrogen) atoms. The van der Waals surface area contributed by atoms with E-state index >= 15 is 0 Å². The minimum atomic E-state index is -0.219. The summed E-state index contributed by atoms with van der Waals surface area (Å²) in [6.45, 7) is 2.23. The maximum atomic E-state index is 13.8. The average molecular weight is 336 g/mol. The number of fused-ring (bicyclic) bond motifs is 1. The molecule has 1 saturated heterocycles. The standard InChI is InChI=1S/C21H21FN2O/c22-19-11-16-7-4-9-24-20(16)18(12-19)14-23-13-17-8-10-25-21(17)15-5-2-1-3-6-15/h1-7,9,11-12,17,21,23H,8,10,13-14H2/t17-,21+/m0/s1. The number of ether oxygens (including phenoxy) is 1. The Labute approximate surface area is 146 Å².